The first kappa shape index (κ1) is 13.2. The van der Waals surface area contributed by atoms with Gasteiger partial charge in [0, 0.05) is 0 Å². The van der Waals surface area contributed by atoms with Crippen LogP contribution in [0.1, 0.15) is 25.0 Å². The maximum absolute atomic E-state index is 11.3. The summed E-state index contributed by atoms with van der Waals surface area (Å²) in [7, 11) is 0. The number of carbonyl (C=O) groups is 1. The van der Waals surface area contributed by atoms with Crippen molar-refractivity contribution in [1.29, 1.82) is 0 Å². The van der Waals surface area contributed by atoms with Gasteiger partial charge in [-0.3, -0.25) is 5.43 Å². The van der Waals surface area contributed by atoms with Gasteiger partial charge in [0.05, 0.1) is 12.3 Å². The van der Waals surface area contributed by atoms with E-state index < -0.39 is 5.97 Å². The average molecular weight is 234 g/mol. The van der Waals surface area contributed by atoms with Gasteiger partial charge in [-0.05, 0) is 51.0 Å². The number of hydrazone groups is 1. The molecule has 0 aliphatic heterocycles. The third-order valence-electron chi connectivity index (χ3n) is 2.43. The van der Waals surface area contributed by atoms with E-state index in [1.807, 2.05) is 32.0 Å². The van der Waals surface area contributed by atoms with Crippen molar-refractivity contribution >= 4 is 17.4 Å². The van der Waals surface area contributed by atoms with Crippen LogP contribution >= 0.6 is 0 Å². The average Bonchev–Trinajstić information content (AvgIpc) is 2.30. The van der Waals surface area contributed by atoms with Gasteiger partial charge in [0.2, 0.25) is 0 Å². The van der Waals surface area contributed by atoms with Gasteiger partial charge in [-0.1, -0.05) is 6.07 Å². The molecule has 0 aliphatic rings. The van der Waals surface area contributed by atoms with Crippen molar-refractivity contribution in [3.05, 3.63) is 29.3 Å². The van der Waals surface area contributed by atoms with Gasteiger partial charge in [-0.15, -0.1) is 0 Å². The Balaban J connectivity index is 2.69. The number of hydrogen-bond acceptors (Lipinski definition) is 4. The summed E-state index contributed by atoms with van der Waals surface area (Å²) < 4.78 is 4.83. The van der Waals surface area contributed by atoms with Crippen LogP contribution in [0.25, 0.3) is 0 Å². The molecule has 1 N–H and O–H groups in total. The maximum Gasteiger partial charge on any atom is 0.354 e. The second-order valence-electron chi connectivity index (χ2n) is 3.83. The lowest BCUT2D eigenvalue weighted by Crippen LogP contribution is -2.15. The highest BCUT2D eigenvalue weighted by Gasteiger charge is 2.05. The van der Waals surface area contributed by atoms with E-state index in [1.165, 1.54) is 11.1 Å². The molecule has 1 aromatic carbocycles. The second kappa shape index (κ2) is 6.03. The van der Waals surface area contributed by atoms with E-state index in [1.54, 1.807) is 13.8 Å². The van der Waals surface area contributed by atoms with Crippen molar-refractivity contribution in [2.75, 3.05) is 12.0 Å². The summed E-state index contributed by atoms with van der Waals surface area (Å²) in [5.74, 6) is -0.399. The normalized spacial score (nSPS) is 11.2. The molecule has 0 bridgehead atoms. The summed E-state index contributed by atoms with van der Waals surface area (Å²) in [6.07, 6.45) is 0. The third-order valence-corrected chi connectivity index (χ3v) is 2.43. The molecule has 0 unspecified atom stereocenters. The van der Waals surface area contributed by atoms with E-state index in [4.69, 9.17) is 4.74 Å². The number of benzene rings is 1. The summed E-state index contributed by atoms with van der Waals surface area (Å²) in [5, 5.41) is 3.98. The monoisotopic (exact) mass is 234 g/mol. The zero-order chi connectivity index (χ0) is 12.8. The van der Waals surface area contributed by atoms with Crippen LogP contribution in [0, 0.1) is 13.8 Å². The summed E-state index contributed by atoms with van der Waals surface area (Å²) in [4.78, 5) is 11.3. The number of rotatable bonds is 4. The topological polar surface area (TPSA) is 50.7 Å². The van der Waals surface area contributed by atoms with Crippen molar-refractivity contribution in [2.24, 2.45) is 5.10 Å². The summed E-state index contributed by atoms with van der Waals surface area (Å²) in [5.41, 5.74) is 6.41. The van der Waals surface area contributed by atoms with Gasteiger partial charge in [-0.25, -0.2) is 4.79 Å². The fourth-order valence-corrected chi connectivity index (χ4v) is 1.24. The summed E-state index contributed by atoms with van der Waals surface area (Å²) in [6.45, 7) is 7.82. The van der Waals surface area contributed by atoms with Crippen LogP contribution in [0.15, 0.2) is 23.3 Å². The van der Waals surface area contributed by atoms with E-state index >= 15 is 0 Å². The van der Waals surface area contributed by atoms with Gasteiger partial charge in [0.15, 0.2) is 0 Å². The number of aryl methyl sites for hydroxylation is 2. The highest BCUT2D eigenvalue weighted by molar-refractivity contribution is 6.35. The Labute approximate surface area is 102 Å². The van der Waals surface area contributed by atoms with E-state index in [-0.39, 0.29) is 0 Å². The minimum atomic E-state index is -0.399. The van der Waals surface area contributed by atoms with Crippen molar-refractivity contribution in [3.63, 3.8) is 0 Å². The molecule has 0 aromatic heterocycles. The lowest BCUT2D eigenvalue weighted by molar-refractivity contribution is -0.135. The maximum atomic E-state index is 11.3. The lowest BCUT2D eigenvalue weighted by atomic mass is 10.1. The van der Waals surface area contributed by atoms with Gasteiger partial charge < -0.3 is 4.74 Å². The molecule has 0 spiro atoms. The smallest absolute Gasteiger partial charge is 0.354 e. The number of nitrogens with zero attached hydrogens (tertiary/aromatic N) is 1. The number of ether oxygens (including phenoxy) is 1. The minimum Gasteiger partial charge on any atom is -0.461 e. The predicted octanol–water partition coefficient (Wildman–Crippen LogP) is 2.65. The Hall–Kier alpha value is -1.84. The molecule has 0 heterocycles. The third kappa shape index (κ3) is 3.90. The second-order valence-corrected chi connectivity index (χ2v) is 3.83. The Morgan fingerprint density at radius 1 is 1.35 bits per heavy atom. The molecule has 1 rings (SSSR count). The summed E-state index contributed by atoms with van der Waals surface area (Å²) in [6, 6.07) is 5.91. The van der Waals surface area contributed by atoms with Gasteiger partial charge >= 0.3 is 5.97 Å². The first-order valence-electron chi connectivity index (χ1n) is 5.59. The number of hydrogen-bond donors (Lipinski definition) is 1. The van der Waals surface area contributed by atoms with Gasteiger partial charge in [0.1, 0.15) is 5.71 Å². The van der Waals surface area contributed by atoms with E-state index in [9.17, 15) is 4.79 Å². The van der Waals surface area contributed by atoms with Crippen molar-refractivity contribution in [1.82, 2.24) is 0 Å². The van der Waals surface area contributed by atoms with Gasteiger partial charge in [-0.2, -0.15) is 5.10 Å². The fraction of sp³-hybridized carbons (Fsp3) is 0.385. The molecule has 17 heavy (non-hydrogen) atoms. The lowest BCUT2D eigenvalue weighted by Gasteiger charge is -2.05. The number of esters is 1. The molecule has 0 atom stereocenters. The molecule has 92 valence electrons. The highest BCUT2D eigenvalue weighted by atomic mass is 16.5. The SMILES string of the molecule is CCOC(=O)/C(C)=N/Nc1ccc(C)c(C)c1. The van der Waals surface area contributed by atoms with Crippen LogP contribution in [0.3, 0.4) is 0 Å². The number of carbonyl (C=O) groups excluding carboxylic acids is 1. The van der Waals surface area contributed by atoms with Crippen molar-refractivity contribution in [2.45, 2.75) is 27.7 Å². The quantitative estimate of drug-likeness (QED) is 0.495. The standard InChI is InChI=1S/C13H18N2O2/c1-5-17-13(16)11(4)14-15-12-7-6-9(2)10(3)8-12/h6-8,15H,5H2,1-4H3/b14-11+. The van der Waals surface area contributed by atoms with Crippen molar-refractivity contribution < 1.29 is 9.53 Å². The van der Waals surface area contributed by atoms with E-state index in [0.717, 1.165) is 5.69 Å². The molecule has 0 saturated carbocycles. The fourth-order valence-electron chi connectivity index (χ4n) is 1.24. The van der Waals surface area contributed by atoms with Gasteiger partial charge in [0.25, 0.3) is 0 Å². The molecule has 0 radical (unpaired) electrons. The van der Waals surface area contributed by atoms with E-state index in [0.29, 0.717) is 12.3 Å². The molecule has 0 fully saturated rings. The molecule has 1 aromatic rings. The molecule has 4 heteroatoms. The molecule has 0 aliphatic carbocycles. The zero-order valence-electron chi connectivity index (χ0n) is 10.7. The highest BCUT2D eigenvalue weighted by Crippen LogP contribution is 2.13. The predicted molar refractivity (Wildman–Crippen MR) is 69.3 cm³/mol. The molecule has 0 saturated heterocycles. The molecular weight excluding hydrogens is 216 g/mol. The summed E-state index contributed by atoms with van der Waals surface area (Å²) >= 11 is 0. The zero-order valence-corrected chi connectivity index (χ0v) is 10.7. The number of anilines is 1. The van der Waals surface area contributed by atoms with Crippen LogP contribution < -0.4 is 5.43 Å². The largest absolute Gasteiger partial charge is 0.461 e. The van der Waals surface area contributed by atoms with Crippen LogP contribution in [0.2, 0.25) is 0 Å². The minimum absolute atomic E-state index is 0.310. The van der Waals surface area contributed by atoms with Crippen LogP contribution in [-0.2, 0) is 9.53 Å². The van der Waals surface area contributed by atoms with Crippen LogP contribution in [-0.4, -0.2) is 18.3 Å². The van der Waals surface area contributed by atoms with Crippen LogP contribution in [0.5, 0.6) is 0 Å². The Kier molecular flexibility index (Phi) is 4.69. The molecule has 4 nitrogen and oxygen atoms in total. The Bertz CT molecular complexity index is 439. The van der Waals surface area contributed by atoms with E-state index in [2.05, 4.69) is 10.5 Å². The van der Waals surface area contributed by atoms with Crippen LogP contribution in [0.4, 0.5) is 5.69 Å². The Morgan fingerprint density at radius 2 is 2.06 bits per heavy atom. The molecule has 0 amide bonds. The molecular formula is C13H18N2O2. The first-order chi connectivity index (χ1) is 8.04. The Morgan fingerprint density at radius 3 is 2.65 bits per heavy atom. The number of nitrogens with one attached hydrogen (secondary N) is 1. The van der Waals surface area contributed by atoms with Crippen molar-refractivity contribution in [3.8, 4) is 0 Å². The first-order valence-corrected chi connectivity index (χ1v) is 5.59.